The molecule has 2 unspecified atom stereocenters. The first-order valence-electron chi connectivity index (χ1n) is 4.96. The molecule has 3 nitrogen and oxygen atoms in total. The third-order valence-electron chi connectivity index (χ3n) is 2.80. The molecule has 0 aromatic rings. The van der Waals surface area contributed by atoms with Crippen LogP contribution in [-0.4, -0.2) is 26.0 Å². The Labute approximate surface area is 80.6 Å². The second kappa shape index (κ2) is 4.42. The van der Waals surface area contributed by atoms with Crippen LogP contribution in [-0.2, 0) is 9.84 Å². The van der Waals surface area contributed by atoms with Crippen molar-refractivity contribution in [1.82, 2.24) is 0 Å². The van der Waals surface area contributed by atoms with Crippen LogP contribution in [0.25, 0.3) is 0 Å². The standard InChI is InChI=1S/C9H19NO2S/c1-13(11,12)9-7-5-3-2-4-6-8(9)10/h8-9H,2-7,10H2,1H3. The van der Waals surface area contributed by atoms with Crippen molar-refractivity contribution in [3.63, 3.8) is 0 Å². The quantitative estimate of drug-likeness (QED) is 0.697. The molecule has 0 radical (unpaired) electrons. The van der Waals surface area contributed by atoms with Crippen LogP contribution < -0.4 is 5.73 Å². The molecule has 2 atom stereocenters. The third kappa shape index (κ3) is 3.27. The highest BCUT2D eigenvalue weighted by Crippen LogP contribution is 2.21. The Morgan fingerprint density at radius 3 is 2.15 bits per heavy atom. The molecule has 1 aliphatic carbocycles. The molecule has 0 spiro atoms. The fourth-order valence-corrected chi connectivity index (χ4v) is 3.38. The average Bonchev–Trinajstić information content (AvgIpc) is 1.94. The van der Waals surface area contributed by atoms with Crippen LogP contribution in [0.4, 0.5) is 0 Å². The molecule has 78 valence electrons. The first-order chi connectivity index (χ1) is 6.02. The first-order valence-corrected chi connectivity index (χ1v) is 6.92. The van der Waals surface area contributed by atoms with Crippen molar-refractivity contribution in [3.05, 3.63) is 0 Å². The number of hydrogen-bond donors (Lipinski definition) is 1. The Hall–Kier alpha value is -0.0900. The third-order valence-corrected chi connectivity index (χ3v) is 4.49. The van der Waals surface area contributed by atoms with E-state index >= 15 is 0 Å². The van der Waals surface area contributed by atoms with Gasteiger partial charge in [-0.2, -0.15) is 0 Å². The first kappa shape index (κ1) is 11.0. The van der Waals surface area contributed by atoms with Crippen LogP contribution in [0.5, 0.6) is 0 Å². The van der Waals surface area contributed by atoms with Gasteiger partial charge in [0.25, 0.3) is 0 Å². The van der Waals surface area contributed by atoms with E-state index in [1.165, 1.54) is 12.7 Å². The molecule has 0 bridgehead atoms. The van der Waals surface area contributed by atoms with Crippen LogP contribution in [0.3, 0.4) is 0 Å². The van der Waals surface area contributed by atoms with Gasteiger partial charge in [0, 0.05) is 12.3 Å². The molecule has 1 aliphatic rings. The summed E-state index contributed by atoms with van der Waals surface area (Å²) in [6, 6.07) is -0.143. The van der Waals surface area contributed by atoms with Gasteiger partial charge in [-0.3, -0.25) is 0 Å². The molecule has 1 saturated carbocycles. The van der Waals surface area contributed by atoms with Crippen LogP contribution in [0.15, 0.2) is 0 Å². The van der Waals surface area contributed by atoms with Gasteiger partial charge in [0.15, 0.2) is 9.84 Å². The van der Waals surface area contributed by atoms with E-state index in [1.54, 1.807) is 0 Å². The molecule has 0 heterocycles. The maximum absolute atomic E-state index is 11.4. The highest BCUT2D eigenvalue weighted by Gasteiger charge is 2.27. The summed E-state index contributed by atoms with van der Waals surface area (Å²) in [4.78, 5) is 0. The van der Waals surface area contributed by atoms with E-state index in [2.05, 4.69) is 0 Å². The van der Waals surface area contributed by atoms with Gasteiger partial charge >= 0.3 is 0 Å². The molecule has 4 heteroatoms. The van der Waals surface area contributed by atoms with E-state index in [4.69, 9.17) is 5.73 Å². The zero-order chi connectivity index (χ0) is 9.90. The maximum atomic E-state index is 11.4. The van der Waals surface area contributed by atoms with Gasteiger partial charge in [0.05, 0.1) is 5.25 Å². The van der Waals surface area contributed by atoms with Crippen molar-refractivity contribution in [2.75, 3.05) is 6.26 Å². The van der Waals surface area contributed by atoms with Crippen molar-refractivity contribution in [1.29, 1.82) is 0 Å². The second-order valence-electron chi connectivity index (χ2n) is 4.02. The summed E-state index contributed by atoms with van der Waals surface area (Å²) in [5.41, 5.74) is 5.86. The number of nitrogens with two attached hydrogens (primary N) is 1. The van der Waals surface area contributed by atoms with Crippen molar-refractivity contribution >= 4 is 9.84 Å². The van der Waals surface area contributed by atoms with Crippen LogP contribution in [0.1, 0.15) is 38.5 Å². The lowest BCUT2D eigenvalue weighted by Gasteiger charge is -2.24. The maximum Gasteiger partial charge on any atom is 0.151 e. The molecule has 0 amide bonds. The summed E-state index contributed by atoms with van der Waals surface area (Å²) in [5.74, 6) is 0. The summed E-state index contributed by atoms with van der Waals surface area (Å²) in [6.07, 6.45) is 7.35. The molecule has 13 heavy (non-hydrogen) atoms. The number of rotatable bonds is 1. The van der Waals surface area contributed by atoms with E-state index in [-0.39, 0.29) is 11.3 Å². The van der Waals surface area contributed by atoms with Gasteiger partial charge in [0.2, 0.25) is 0 Å². The number of sulfone groups is 1. The van der Waals surface area contributed by atoms with Gasteiger partial charge in [-0.05, 0) is 12.8 Å². The lowest BCUT2D eigenvalue weighted by molar-refractivity contribution is 0.445. The average molecular weight is 205 g/mol. The highest BCUT2D eigenvalue weighted by atomic mass is 32.2. The number of hydrogen-bond acceptors (Lipinski definition) is 3. The smallest absolute Gasteiger partial charge is 0.151 e. The zero-order valence-corrected chi connectivity index (χ0v) is 9.02. The normalized spacial score (nSPS) is 32.2. The van der Waals surface area contributed by atoms with Crippen molar-refractivity contribution < 1.29 is 8.42 Å². The van der Waals surface area contributed by atoms with Crippen LogP contribution in [0, 0.1) is 0 Å². The van der Waals surface area contributed by atoms with E-state index in [1.807, 2.05) is 0 Å². The van der Waals surface area contributed by atoms with Gasteiger partial charge < -0.3 is 5.73 Å². The Morgan fingerprint density at radius 2 is 1.62 bits per heavy atom. The van der Waals surface area contributed by atoms with Crippen molar-refractivity contribution in [3.8, 4) is 0 Å². The predicted molar refractivity (Wildman–Crippen MR) is 54.3 cm³/mol. The zero-order valence-electron chi connectivity index (χ0n) is 8.20. The molecular weight excluding hydrogens is 186 g/mol. The Balaban J connectivity index is 2.67. The summed E-state index contributed by atoms with van der Waals surface area (Å²) in [5, 5.41) is -0.298. The van der Waals surface area contributed by atoms with Crippen LogP contribution in [0.2, 0.25) is 0 Å². The van der Waals surface area contributed by atoms with Gasteiger partial charge in [-0.25, -0.2) is 8.42 Å². The fourth-order valence-electron chi connectivity index (χ4n) is 2.01. The lowest BCUT2D eigenvalue weighted by atomic mass is 9.97. The van der Waals surface area contributed by atoms with Gasteiger partial charge in [-0.15, -0.1) is 0 Å². The van der Waals surface area contributed by atoms with Crippen LogP contribution >= 0.6 is 0 Å². The minimum atomic E-state index is -2.94. The predicted octanol–water partition coefficient (Wildman–Crippen LogP) is 1.08. The summed E-state index contributed by atoms with van der Waals surface area (Å²) in [6.45, 7) is 0. The molecule has 2 N–H and O–H groups in total. The topological polar surface area (TPSA) is 60.2 Å². The molecule has 0 aromatic heterocycles. The SMILES string of the molecule is CS(=O)(=O)C1CCCCCCC1N. The summed E-state index contributed by atoms with van der Waals surface area (Å²) < 4.78 is 22.8. The van der Waals surface area contributed by atoms with Crippen molar-refractivity contribution in [2.24, 2.45) is 5.73 Å². The van der Waals surface area contributed by atoms with E-state index in [9.17, 15) is 8.42 Å². The van der Waals surface area contributed by atoms with E-state index in [0.717, 1.165) is 32.1 Å². The molecule has 1 rings (SSSR count). The Bertz CT molecular complexity index is 248. The summed E-state index contributed by atoms with van der Waals surface area (Å²) in [7, 11) is -2.94. The minimum Gasteiger partial charge on any atom is -0.327 e. The largest absolute Gasteiger partial charge is 0.327 e. The van der Waals surface area contributed by atoms with E-state index in [0.29, 0.717) is 0 Å². The fraction of sp³-hybridized carbons (Fsp3) is 1.00. The minimum absolute atomic E-state index is 0.143. The van der Waals surface area contributed by atoms with Gasteiger partial charge in [-0.1, -0.05) is 25.7 Å². The Morgan fingerprint density at radius 1 is 1.08 bits per heavy atom. The molecule has 0 aromatic carbocycles. The second-order valence-corrected chi connectivity index (χ2v) is 6.29. The monoisotopic (exact) mass is 205 g/mol. The summed E-state index contributed by atoms with van der Waals surface area (Å²) >= 11 is 0. The lowest BCUT2D eigenvalue weighted by Crippen LogP contribution is -2.40. The Kier molecular flexibility index (Phi) is 3.74. The van der Waals surface area contributed by atoms with Gasteiger partial charge in [0.1, 0.15) is 0 Å². The molecule has 1 fully saturated rings. The molecular formula is C9H19NO2S. The highest BCUT2D eigenvalue weighted by molar-refractivity contribution is 7.91. The van der Waals surface area contributed by atoms with E-state index < -0.39 is 9.84 Å². The van der Waals surface area contributed by atoms with Crippen molar-refractivity contribution in [2.45, 2.75) is 49.8 Å². The molecule has 0 aliphatic heterocycles. The molecule has 0 saturated heterocycles.